The van der Waals surface area contributed by atoms with E-state index in [1.807, 2.05) is 13.8 Å². The lowest BCUT2D eigenvalue weighted by atomic mass is 9.90. The minimum absolute atomic E-state index is 0.0561. The first-order chi connectivity index (χ1) is 6.83. The summed E-state index contributed by atoms with van der Waals surface area (Å²) in [7, 11) is -4.39. The Balaban J connectivity index is 2.66. The van der Waals surface area contributed by atoms with E-state index in [4.69, 9.17) is 9.29 Å². The molecular weight excluding hydrogens is 220 g/mol. The van der Waals surface area contributed by atoms with Crippen molar-refractivity contribution in [2.24, 2.45) is 5.92 Å². The fourth-order valence-corrected chi connectivity index (χ4v) is 2.65. The lowest BCUT2D eigenvalue weighted by Crippen LogP contribution is -2.44. The summed E-state index contributed by atoms with van der Waals surface area (Å²) in [5, 5.41) is 0. The van der Waals surface area contributed by atoms with Gasteiger partial charge in [0, 0.05) is 0 Å². The number of rotatable bonds is 3. The molecule has 0 spiro atoms. The Morgan fingerprint density at radius 2 is 2.07 bits per heavy atom. The lowest BCUT2D eigenvalue weighted by Gasteiger charge is -2.37. The molecule has 0 aromatic heterocycles. The molecule has 1 fully saturated rings. The quantitative estimate of drug-likeness (QED) is 0.752. The van der Waals surface area contributed by atoms with Crippen LogP contribution in [0.3, 0.4) is 0 Å². The Kier molecular flexibility index (Phi) is 4.11. The molecule has 1 heterocycles. The molecule has 1 N–H and O–H groups in total. The molecule has 5 nitrogen and oxygen atoms in total. The molecular formula is C9H18O5S. The Morgan fingerprint density at radius 1 is 1.47 bits per heavy atom. The summed E-state index contributed by atoms with van der Waals surface area (Å²) in [5.74, 6) is 0.0561. The second-order valence-electron chi connectivity index (χ2n) is 4.07. The molecule has 15 heavy (non-hydrogen) atoms. The van der Waals surface area contributed by atoms with Crippen LogP contribution in [-0.2, 0) is 19.3 Å². The summed E-state index contributed by atoms with van der Waals surface area (Å²) < 4.78 is 40.0. The highest BCUT2D eigenvalue weighted by molar-refractivity contribution is 7.80. The maximum Gasteiger partial charge on any atom is 0.397 e. The van der Waals surface area contributed by atoms with Crippen molar-refractivity contribution in [1.29, 1.82) is 0 Å². The van der Waals surface area contributed by atoms with Crippen molar-refractivity contribution in [1.82, 2.24) is 0 Å². The van der Waals surface area contributed by atoms with Crippen molar-refractivity contribution in [3.05, 3.63) is 0 Å². The molecule has 0 amide bonds. The fourth-order valence-electron chi connectivity index (χ4n) is 2.02. The van der Waals surface area contributed by atoms with Crippen LogP contribution in [0.2, 0.25) is 0 Å². The molecule has 90 valence electrons. The summed E-state index contributed by atoms with van der Waals surface area (Å²) in [6, 6.07) is 0. The van der Waals surface area contributed by atoms with Crippen LogP contribution in [0.15, 0.2) is 0 Å². The topological polar surface area (TPSA) is 72.8 Å². The van der Waals surface area contributed by atoms with Crippen molar-refractivity contribution in [3.8, 4) is 0 Å². The van der Waals surface area contributed by atoms with Crippen LogP contribution in [0.1, 0.15) is 33.6 Å². The van der Waals surface area contributed by atoms with Crippen LogP contribution < -0.4 is 0 Å². The summed E-state index contributed by atoms with van der Waals surface area (Å²) in [5.41, 5.74) is 0. The second kappa shape index (κ2) is 4.78. The van der Waals surface area contributed by atoms with Gasteiger partial charge in [0.2, 0.25) is 0 Å². The van der Waals surface area contributed by atoms with Gasteiger partial charge in [0.25, 0.3) is 0 Å². The first-order valence-electron chi connectivity index (χ1n) is 5.14. The standard InChI is InChI=1S/C9H18O5S/c1-4-8-5-6(2)9(7(3)13-8)14-15(10,11)12/h6-9H,4-5H2,1-3H3,(H,10,11,12)/t6?,7-,8?,9?/m1/s1. The molecule has 0 radical (unpaired) electrons. The number of hydrogen-bond acceptors (Lipinski definition) is 4. The highest BCUT2D eigenvalue weighted by Gasteiger charge is 2.36. The van der Waals surface area contributed by atoms with E-state index in [9.17, 15) is 8.42 Å². The molecule has 0 aromatic carbocycles. The van der Waals surface area contributed by atoms with E-state index in [0.717, 1.165) is 12.8 Å². The predicted molar refractivity (Wildman–Crippen MR) is 54.8 cm³/mol. The largest absolute Gasteiger partial charge is 0.397 e. The van der Waals surface area contributed by atoms with Crippen molar-refractivity contribution in [2.75, 3.05) is 0 Å². The molecule has 1 aliphatic rings. The zero-order valence-corrected chi connectivity index (χ0v) is 10.0. The van der Waals surface area contributed by atoms with E-state index in [-0.39, 0.29) is 18.1 Å². The normalized spacial score (nSPS) is 37.9. The van der Waals surface area contributed by atoms with Gasteiger partial charge >= 0.3 is 10.4 Å². The van der Waals surface area contributed by atoms with Crippen molar-refractivity contribution in [3.63, 3.8) is 0 Å². The third kappa shape index (κ3) is 3.71. The maximum atomic E-state index is 10.6. The van der Waals surface area contributed by atoms with Gasteiger partial charge in [-0.2, -0.15) is 8.42 Å². The molecule has 0 saturated carbocycles. The molecule has 1 rings (SSSR count). The van der Waals surface area contributed by atoms with E-state index in [2.05, 4.69) is 4.18 Å². The van der Waals surface area contributed by atoms with E-state index < -0.39 is 16.5 Å². The molecule has 0 bridgehead atoms. The van der Waals surface area contributed by atoms with Crippen LogP contribution >= 0.6 is 0 Å². The molecule has 6 heteroatoms. The summed E-state index contributed by atoms with van der Waals surface area (Å²) in [6.07, 6.45) is 0.883. The second-order valence-corrected chi connectivity index (χ2v) is 5.12. The van der Waals surface area contributed by atoms with Crippen LogP contribution in [0.5, 0.6) is 0 Å². The minimum atomic E-state index is -4.39. The van der Waals surface area contributed by atoms with Gasteiger partial charge in [-0.05, 0) is 25.7 Å². The number of hydrogen-bond donors (Lipinski definition) is 1. The van der Waals surface area contributed by atoms with Crippen LogP contribution in [-0.4, -0.2) is 31.3 Å². The monoisotopic (exact) mass is 238 g/mol. The van der Waals surface area contributed by atoms with Crippen LogP contribution in [0.4, 0.5) is 0 Å². The average Bonchev–Trinajstić information content (AvgIpc) is 2.09. The Bertz CT molecular complexity index is 288. The van der Waals surface area contributed by atoms with Crippen molar-refractivity contribution >= 4 is 10.4 Å². The molecule has 4 atom stereocenters. The molecule has 1 aliphatic heterocycles. The summed E-state index contributed by atoms with van der Waals surface area (Å²) in [6.45, 7) is 5.68. The van der Waals surface area contributed by atoms with Gasteiger partial charge in [0.15, 0.2) is 0 Å². The maximum absolute atomic E-state index is 10.6. The van der Waals surface area contributed by atoms with Gasteiger partial charge < -0.3 is 4.74 Å². The summed E-state index contributed by atoms with van der Waals surface area (Å²) >= 11 is 0. The third-order valence-electron chi connectivity index (χ3n) is 2.75. The van der Waals surface area contributed by atoms with Gasteiger partial charge in [-0.3, -0.25) is 4.55 Å². The van der Waals surface area contributed by atoms with Gasteiger partial charge in [-0.15, -0.1) is 0 Å². The van der Waals surface area contributed by atoms with E-state index in [1.165, 1.54) is 0 Å². The van der Waals surface area contributed by atoms with Gasteiger partial charge in [-0.1, -0.05) is 13.8 Å². The van der Waals surface area contributed by atoms with Gasteiger partial charge in [0.1, 0.15) is 6.10 Å². The molecule has 1 saturated heterocycles. The minimum Gasteiger partial charge on any atom is -0.373 e. The number of ether oxygens (including phenoxy) is 1. The zero-order chi connectivity index (χ0) is 11.6. The van der Waals surface area contributed by atoms with E-state index in [1.54, 1.807) is 6.92 Å². The Hall–Kier alpha value is -0.170. The SMILES string of the molecule is CCC1CC(C)C(OS(=O)(=O)O)[C@@H](C)O1. The molecule has 3 unspecified atom stereocenters. The third-order valence-corrected chi connectivity index (χ3v) is 3.22. The first kappa shape index (κ1) is 12.9. The summed E-state index contributed by atoms with van der Waals surface area (Å²) in [4.78, 5) is 0. The first-order valence-corrected chi connectivity index (χ1v) is 6.51. The zero-order valence-electron chi connectivity index (χ0n) is 9.21. The Morgan fingerprint density at radius 3 is 2.47 bits per heavy atom. The van der Waals surface area contributed by atoms with E-state index in [0.29, 0.717) is 0 Å². The average molecular weight is 238 g/mol. The van der Waals surface area contributed by atoms with Gasteiger partial charge in [-0.25, -0.2) is 4.18 Å². The Labute approximate surface area is 90.7 Å². The van der Waals surface area contributed by atoms with Crippen molar-refractivity contribution in [2.45, 2.75) is 51.9 Å². The van der Waals surface area contributed by atoms with Crippen LogP contribution in [0.25, 0.3) is 0 Å². The fraction of sp³-hybridized carbons (Fsp3) is 1.00. The van der Waals surface area contributed by atoms with E-state index >= 15 is 0 Å². The van der Waals surface area contributed by atoms with Crippen LogP contribution in [0, 0.1) is 5.92 Å². The highest BCUT2D eigenvalue weighted by atomic mass is 32.3. The lowest BCUT2D eigenvalue weighted by molar-refractivity contribution is -0.124. The molecule has 0 aromatic rings. The van der Waals surface area contributed by atoms with Crippen molar-refractivity contribution < 1.29 is 21.9 Å². The highest BCUT2D eigenvalue weighted by Crippen LogP contribution is 2.29. The smallest absolute Gasteiger partial charge is 0.373 e. The van der Waals surface area contributed by atoms with Gasteiger partial charge in [0.05, 0.1) is 12.2 Å². The predicted octanol–water partition coefficient (Wildman–Crippen LogP) is 1.40. The molecule has 0 aliphatic carbocycles.